The van der Waals surface area contributed by atoms with Crippen LogP contribution in [-0.2, 0) is 10.1 Å². The van der Waals surface area contributed by atoms with E-state index in [-0.39, 0.29) is 0 Å². The summed E-state index contributed by atoms with van der Waals surface area (Å²) in [7, 11) is -4.92. The molecule has 1 rings (SSSR count). The molecular formula is C9H5F6O5S-. The van der Waals surface area contributed by atoms with Gasteiger partial charge in [0.1, 0.15) is 15.9 Å². The van der Waals surface area contributed by atoms with Gasteiger partial charge in [0, 0.05) is 0 Å². The van der Waals surface area contributed by atoms with Crippen LogP contribution in [0.5, 0.6) is 5.75 Å². The SMILES string of the molecule is O=S(=O)([O-])c1ccc(OC(F)(F)C(F)(F)C(O)(F)F)cc1. The molecule has 1 aromatic carbocycles. The fourth-order valence-corrected chi connectivity index (χ4v) is 1.53. The summed E-state index contributed by atoms with van der Waals surface area (Å²) in [5, 5.41) is 7.75. The lowest BCUT2D eigenvalue weighted by molar-refractivity contribution is -0.423. The molecule has 0 heterocycles. The highest BCUT2D eigenvalue weighted by atomic mass is 32.2. The number of halogens is 6. The Kier molecular flexibility index (Phi) is 4.20. The molecular weight excluding hydrogens is 334 g/mol. The third-order valence-electron chi connectivity index (χ3n) is 2.10. The fraction of sp³-hybridized carbons (Fsp3) is 0.333. The lowest BCUT2D eigenvalue weighted by Gasteiger charge is -2.28. The molecule has 0 atom stereocenters. The van der Waals surface area contributed by atoms with Crippen LogP contribution >= 0.6 is 0 Å². The lowest BCUT2D eigenvalue weighted by atomic mass is 10.3. The highest BCUT2D eigenvalue weighted by Gasteiger charge is 2.74. The summed E-state index contributed by atoms with van der Waals surface area (Å²) in [5.41, 5.74) is 0. The van der Waals surface area contributed by atoms with Crippen molar-refractivity contribution >= 4 is 10.1 Å². The van der Waals surface area contributed by atoms with E-state index < -0.39 is 38.9 Å². The van der Waals surface area contributed by atoms with Gasteiger partial charge < -0.3 is 14.4 Å². The average molecular weight is 339 g/mol. The first-order valence-electron chi connectivity index (χ1n) is 4.79. The van der Waals surface area contributed by atoms with Gasteiger partial charge in [-0.2, -0.15) is 26.3 Å². The average Bonchev–Trinajstić information content (AvgIpc) is 2.26. The van der Waals surface area contributed by atoms with Crippen LogP contribution in [0.15, 0.2) is 29.2 Å². The predicted octanol–water partition coefficient (Wildman–Crippen LogP) is 1.78. The van der Waals surface area contributed by atoms with Gasteiger partial charge in [-0.25, -0.2) is 8.42 Å². The van der Waals surface area contributed by atoms with Crippen molar-refractivity contribution in [3.05, 3.63) is 24.3 Å². The van der Waals surface area contributed by atoms with E-state index in [1.807, 2.05) is 0 Å². The molecule has 120 valence electrons. The molecule has 0 saturated heterocycles. The van der Waals surface area contributed by atoms with E-state index in [1.54, 1.807) is 0 Å². The molecule has 0 saturated carbocycles. The van der Waals surface area contributed by atoms with Gasteiger partial charge in [0.2, 0.25) is 0 Å². The van der Waals surface area contributed by atoms with Crippen LogP contribution in [0, 0.1) is 0 Å². The zero-order valence-corrected chi connectivity index (χ0v) is 10.4. The molecule has 0 aromatic heterocycles. The molecule has 0 radical (unpaired) electrons. The summed E-state index contributed by atoms with van der Waals surface area (Å²) in [5.74, 6) is -7.38. The molecule has 0 aliphatic rings. The molecule has 1 N–H and O–H groups in total. The van der Waals surface area contributed by atoms with E-state index in [2.05, 4.69) is 4.74 Å². The number of aliphatic hydroxyl groups is 1. The molecule has 0 amide bonds. The Morgan fingerprint density at radius 3 is 1.76 bits per heavy atom. The van der Waals surface area contributed by atoms with E-state index in [4.69, 9.17) is 5.11 Å². The van der Waals surface area contributed by atoms with Crippen LogP contribution in [0.4, 0.5) is 26.3 Å². The molecule has 0 spiro atoms. The van der Waals surface area contributed by atoms with Gasteiger partial charge in [-0.15, -0.1) is 0 Å². The van der Waals surface area contributed by atoms with Crippen molar-refractivity contribution in [3.8, 4) is 5.75 Å². The standard InChI is InChI=1S/C9H6F6O5S/c10-7(11,8(12,13)16)9(14,15)20-5-1-3-6(4-2-5)21(17,18)19/h1-4,16H,(H,17,18,19)/p-1. The third-order valence-corrected chi connectivity index (χ3v) is 2.95. The van der Waals surface area contributed by atoms with E-state index in [0.717, 1.165) is 0 Å². The molecule has 0 aliphatic heterocycles. The molecule has 0 aliphatic carbocycles. The summed E-state index contributed by atoms with van der Waals surface area (Å²) >= 11 is 0. The highest BCUT2D eigenvalue weighted by molar-refractivity contribution is 7.85. The first-order chi connectivity index (χ1) is 9.18. The minimum absolute atomic E-state index is 0.379. The number of hydrogen-bond acceptors (Lipinski definition) is 5. The maximum Gasteiger partial charge on any atom is 0.473 e. The van der Waals surface area contributed by atoms with Gasteiger partial charge in [0.15, 0.2) is 0 Å². The number of alkyl halides is 6. The van der Waals surface area contributed by atoms with E-state index >= 15 is 0 Å². The minimum atomic E-state index is -6.25. The zero-order chi connectivity index (χ0) is 16.7. The van der Waals surface area contributed by atoms with Crippen LogP contribution in [0.1, 0.15) is 0 Å². The molecule has 12 heteroatoms. The maximum absolute atomic E-state index is 12.9. The van der Waals surface area contributed by atoms with Crippen molar-refractivity contribution in [3.63, 3.8) is 0 Å². The Bertz CT molecular complexity index is 607. The minimum Gasteiger partial charge on any atom is -0.744 e. The first-order valence-corrected chi connectivity index (χ1v) is 6.20. The van der Waals surface area contributed by atoms with Gasteiger partial charge in [-0.05, 0) is 24.3 Å². The molecule has 5 nitrogen and oxygen atoms in total. The Morgan fingerprint density at radius 1 is 1.00 bits per heavy atom. The lowest BCUT2D eigenvalue weighted by Crippen LogP contribution is -2.56. The maximum atomic E-state index is 12.9. The van der Waals surface area contributed by atoms with Gasteiger partial charge in [0.25, 0.3) is 0 Å². The van der Waals surface area contributed by atoms with Crippen molar-refractivity contribution in [2.45, 2.75) is 23.0 Å². The number of rotatable bonds is 5. The number of ether oxygens (including phenoxy) is 1. The Hall–Kier alpha value is -1.53. The van der Waals surface area contributed by atoms with Crippen molar-refractivity contribution in [1.29, 1.82) is 0 Å². The fourth-order valence-electron chi connectivity index (χ4n) is 1.06. The molecule has 1 aromatic rings. The molecule has 21 heavy (non-hydrogen) atoms. The summed E-state index contributed by atoms with van der Waals surface area (Å²) in [6, 6.07) is 1.65. The number of benzene rings is 1. The van der Waals surface area contributed by atoms with Gasteiger partial charge in [0.05, 0.1) is 4.90 Å². The highest BCUT2D eigenvalue weighted by Crippen LogP contribution is 2.45. The van der Waals surface area contributed by atoms with Gasteiger partial charge >= 0.3 is 18.1 Å². The van der Waals surface area contributed by atoms with Crippen molar-refractivity contribution in [1.82, 2.24) is 0 Å². The monoisotopic (exact) mass is 339 g/mol. The van der Waals surface area contributed by atoms with Gasteiger partial charge in [-0.3, -0.25) is 0 Å². The normalized spacial score (nSPS) is 14.1. The van der Waals surface area contributed by atoms with Crippen molar-refractivity contribution < 1.29 is 49.2 Å². The van der Waals surface area contributed by atoms with Crippen LogP contribution in [0.25, 0.3) is 0 Å². The zero-order valence-electron chi connectivity index (χ0n) is 9.57. The van der Waals surface area contributed by atoms with E-state index in [0.29, 0.717) is 24.3 Å². The third kappa shape index (κ3) is 3.57. The van der Waals surface area contributed by atoms with Gasteiger partial charge in [-0.1, -0.05) is 0 Å². The van der Waals surface area contributed by atoms with Crippen LogP contribution < -0.4 is 4.74 Å². The second-order valence-electron chi connectivity index (χ2n) is 3.66. The molecule has 0 unspecified atom stereocenters. The second-order valence-corrected chi connectivity index (χ2v) is 5.04. The largest absolute Gasteiger partial charge is 0.744 e. The van der Waals surface area contributed by atoms with Crippen LogP contribution in [0.3, 0.4) is 0 Å². The quantitative estimate of drug-likeness (QED) is 0.653. The van der Waals surface area contributed by atoms with E-state index in [1.165, 1.54) is 0 Å². The predicted molar refractivity (Wildman–Crippen MR) is 52.1 cm³/mol. The first kappa shape index (κ1) is 17.5. The Morgan fingerprint density at radius 2 is 1.43 bits per heavy atom. The smallest absolute Gasteiger partial charge is 0.473 e. The topological polar surface area (TPSA) is 86.7 Å². The number of hydrogen-bond donors (Lipinski definition) is 1. The Balaban J connectivity index is 3.05. The summed E-state index contributed by atoms with van der Waals surface area (Å²) in [4.78, 5) is -0.877. The van der Waals surface area contributed by atoms with Crippen LogP contribution in [-0.4, -0.2) is 36.2 Å². The van der Waals surface area contributed by atoms with Crippen LogP contribution in [0.2, 0.25) is 0 Å². The molecule has 0 fully saturated rings. The summed E-state index contributed by atoms with van der Waals surface area (Å²) < 4.78 is 110. The summed E-state index contributed by atoms with van der Waals surface area (Å²) in [6.07, 6.45) is -11.9. The second kappa shape index (κ2) is 5.03. The summed E-state index contributed by atoms with van der Waals surface area (Å²) in [6.45, 7) is 0. The Labute approximate surface area is 113 Å². The van der Waals surface area contributed by atoms with E-state index in [9.17, 15) is 39.3 Å². The van der Waals surface area contributed by atoms with Crippen molar-refractivity contribution in [2.24, 2.45) is 0 Å². The van der Waals surface area contributed by atoms with Crippen molar-refractivity contribution in [2.75, 3.05) is 0 Å². The molecule has 0 bridgehead atoms.